The Labute approximate surface area is 157 Å². The van der Waals surface area contributed by atoms with Crippen LogP contribution in [0.3, 0.4) is 0 Å². The third kappa shape index (κ3) is 5.39. The average molecular weight is 377 g/mol. The van der Waals surface area contributed by atoms with Gasteiger partial charge in [0, 0.05) is 12.1 Å². The van der Waals surface area contributed by atoms with E-state index in [0.29, 0.717) is 12.1 Å². The molecule has 0 aliphatic heterocycles. The first-order valence-corrected chi connectivity index (χ1v) is 8.41. The summed E-state index contributed by atoms with van der Waals surface area (Å²) in [5.74, 6) is -0.493. The molecule has 2 amide bonds. The SMILES string of the molecule is COc1cc(C(=O)NCCc2cccc(C)c2)cc(Cl)c1OCC(N)=O. The third-order valence-corrected chi connectivity index (χ3v) is 3.91. The highest BCUT2D eigenvalue weighted by molar-refractivity contribution is 6.32. The molecular formula is C19H21ClN2O4. The van der Waals surface area contributed by atoms with Crippen molar-refractivity contribution >= 4 is 23.4 Å². The Morgan fingerprint density at radius 2 is 2.00 bits per heavy atom. The number of rotatable bonds is 8. The van der Waals surface area contributed by atoms with Crippen molar-refractivity contribution < 1.29 is 19.1 Å². The van der Waals surface area contributed by atoms with Gasteiger partial charge in [0.15, 0.2) is 18.1 Å². The van der Waals surface area contributed by atoms with Crippen molar-refractivity contribution in [3.63, 3.8) is 0 Å². The van der Waals surface area contributed by atoms with E-state index in [-0.39, 0.29) is 29.0 Å². The van der Waals surface area contributed by atoms with Gasteiger partial charge in [0.25, 0.3) is 11.8 Å². The highest BCUT2D eigenvalue weighted by atomic mass is 35.5. The summed E-state index contributed by atoms with van der Waals surface area (Å²) in [4.78, 5) is 23.2. The minimum absolute atomic E-state index is 0.162. The number of benzene rings is 2. The van der Waals surface area contributed by atoms with Gasteiger partial charge in [-0.25, -0.2) is 0 Å². The van der Waals surface area contributed by atoms with Gasteiger partial charge in [-0.1, -0.05) is 41.4 Å². The molecule has 0 fully saturated rings. The summed E-state index contributed by atoms with van der Waals surface area (Å²) >= 11 is 6.15. The molecule has 0 bridgehead atoms. The first-order chi connectivity index (χ1) is 12.4. The van der Waals surface area contributed by atoms with Crippen LogP contribution in [0.25, 0.3) is 0 Å². The van der Waals surface area contributed by atoms with Crippen molar-refractivity contribution in [2.45, 2.75) is 13.3 Å². The number of aryl methyl sites for hydroxylation is 1. The number of hydrogen-bond acceptors (Lipinski definition) is 4. The fraction of sp³-hybridized carbons (Fsp3) is 0.263. The fourth-order valence-electron chi connectivity index (χ4n) is 2.42. The Kier molecular flexibility index (Phi) is 6.86. The van der Waals surface area contributed by atoms with Crippen LogP contribution in [-0.4, -0.2) is 32.1 Å². The lowest BCUT2D eigenvalue weighted by Gasteiger charge is -2.13. The predicted octanol–water partition coefficient (Wildman–Crippen LogP) is 2.49. The molecule has 0 heterocycles. The van der Waals surface area contributed by atoms with Gasteiger partial charge in [-0.2, -0.15) is 0 Å². The van der Waals surface area contributed by atoms with Crippen LogP contribution < -0.4 is 20.5 Å². The van der Waals surface area contributed by atoms with Gasteiger partial charge in [-0.3, -0.25) is 9.59 Å². The van der Waals surface area contributed by atoms with Crippen LogP contribution in [0, 0.1) is 6.92 Å². The molecule has 0 unspecified atom stereocenters. The lowest BCUT2D eigenvalue weighted by molar-refractivity contribution is -0.119. The summed E-state index contributed by atoms with van der Waals surface area (Å²) in [5, 5.41) is 3.01. The van der Waals surface area contributed by atoms with E-state index in [1.165, 1.54) is 24.8 Å². The zero-order chi connectivity index (χ0) is 19.1. The molecule has 0 saturated carbocycles. The van der Waals surface area contributed by atoms with E-state index in [9.17, 15) is 9.59 Å². The zero-order valence-electron chi connectivity index (χ0n) is 14.7. The second kappa shape index (κ2) is 9.10. The van der Waals surface area contributed by atoms with Crippen LogP contribution in [0.15, 0.2) is 36.4 Å². The molecule has 2 aromatic carbocycles. The van der Waals surface area contributed by atoms with E-state index in [0.717, 1.165) is 12.0 Å². The molecule has 0 atom stereocenters. The molecule has 6 nitrogen and oxygen atoms in total. The van der Waals surface area contributed by atoms with Crippen molar-refractivity contribution in [2.24, 2.45) is 5.73 Å². The number of hydrogen-bond donors (Lipinski definition) is 2. The Hall–Kier alpha value is -2.73. The Morgan fingerprint density at radius 1 is 1.23 bits per heavy atom. The van der Waals surface area contributed by atoms with Gasteiger partial charge >= 0.3 is 0 Å². The number of amides is 2. The van der Waals surface area contributed by atoms with Crippen molar-refractivity contribution in [2.75, 3.05) is 20.3 Å². The Bertz CT molecular complexity index is 808. The third-order valence-electron chi connectivity index (χ3n) is 3.63. The molecule has 138 valence electrons. The number of methoxy groups -OCH3 is 1. The maximum Gasteiger partial charge on any atom is 0.255 e. The molecule has 26 heavy (non-hydrogen) atoms. The maximum absolute atomic E-state index is 12.4. The van der Waals surface area contributed by atoms with Gasteiger partial charge in [0.1, 0.15) is 0 Å². The van der Waals surface area contributed by atoms with Crippen LogP contribution in [0.2, 0.25) is 5.02 Å². The summed E-state index contributed by atoms with van der Waals surface area (Å²) in [7, 11) is 1.42. The minimum atomic E-state index is -0.638. The normalized spacial score (nSPS) is 10.3. The molecule has 0 aromatic heterocycles. The van der Waals surface area contributed by atoms with Crippen molar-refractivity contribution in [3.05, 3.63) is 58.1 Å². The molecule has 7 heteroatoms. The number of halogens is 1. The highest BCUT2D eigenvalue weighted by Crippen LogP contribution is 2.36. The maximum atomic E-state index is 12.4. The van der Waals surface area contributed by atoms with Gasteiger partial charge in [-0.05, 0) is 31.0 Å². The second-order valence-corrected chi connectivity index (χ2v) is 6.15. The molecule has 0 aliphatic carbocycles. The van der Waals surface area contributed by atoms with Gasteiger partial charge < -0.3 is 20.5 Å². The predicted molar refractivity (Wildman–Crippen MR) is 99.9 cm³/mol. The number of carbonyl (C=O) groups excluding carboxylic acids is 2. The van der Waals surface area contributed by atoms with E-state index < -0.39 is 5.91 Å². The van der Waals surface area contributed by atoms with Crippen LogP contribution in [0.4, 0.5) is 0 Å². The largest absolute Gasteiger partial charge is 0.493 e. The molecule has 2 aromatic rings. The van der Waals surface area contributed by atoms with E-state index >= 15 is 0 Å². The number of primary amides is 1. The number of carbonyl (C=O) groups is 2. The van der Waals surface area contributed by atoms with Gasteiger partial charge in [0.2, 0.25) is 0 Å². The fourth-order valence-corrected chi connectivity index (χ4v) is 2.69. The number of nitrogens with two attached hydrogens (primary N) is 1. The summed E-state index contributed by atoms with van der Waals surface area (Å²) in [5.41, 5.74) is 7.72. The summed E-state index contributed by atoms with van der Waals surface area (Å²) in [6.07, 6.45) is 0.720. The summed E-state index contributed by atoms with van der Waals surface area (Å²) < 4.78 is 10.4. The van der Waals surface area contributed by atoms with Gasteiger partial charge in [-0.15, -0.1) is 0 Å². The van der Waals surface area contributed by atoms with Crippen LogP contribution in [0.5, 0.6) is 11.5 Å². The van der Waals surface area contributed by atoms with Gasteiger partial charge in [0.05, 0.1) is 12.1 Å². The van der Waals surface area contributed by atoms with Crippen molar-refractivity contribution in [3.8, 4) is 11.5 Å². The topological polar surface area (TPSA) is 90.7 Å². The zero-order valence-corrected chi connectivity index (χ0v) is 15.4. The Morgan fingerprint density at radius 3 is 2.65 bits per heavy atom. The first-order valence-electron chi connectivity index (χ1n) is 8.03. The lowest BCUT2D eigenvalue weighted by atomic mass is 10.1. The molecule has 0 radical (unpaired) electrons. The van der Waals surface area contributed by atoms with Crippen molar-refractivity contribution in [1.29, 1.82) is 0 Å². The average Bonchev–Trinajstić information content (AvgIpc) is 2.59. The minimum Gasteiger partial charge on any atom is -0.493 e. The standard InChI is InChI=1S/C19H21ClN2O4/c1-12-4-3-5-13(8-12)6-7-22-19(24)14-9-15(20)18(16(10-14)25-2)26-11-17(21)23/h3-5,8-10H,6-7,11H2,1-2H3,(H2,21,23)(H,22,24). The Balaban J connectivity index is 2.03. The quantitative estimate of drug-likeness (QED) is 0.740. The van der Waals surface area contributed by atoms with Crippen LogP contribution in [0.1, 0.15) is 21.5 Å². The molecule has 0 aliphatic rings. The molecular weight excluding hydrogens is 356 g/mol. The number of ether oxygens (including phenoxy) is 2. The van der Waals surface area contributed by atoms with Crippen LogP contribution in [-0.2, 0) is 11.2 Å². The lowest BCUT2D eigenvalue weighted by Crippen LogP contribution is -2.26. The molecule has 0 saturated heterocycles. The first kappa shape index (κ1) is 19.6. The molecule has 0 spiro atoms. The summed E-state index contributed by atoms with van der Waals surface area (Å²) in [6, 6.07) is 11.1. The molecule has 3 N–H and O–H groups in total. The second-order valence-electron chi connectivity index (χ2n) is 5.74. The number of nitrogens with one attached hydrogen (secondary N) is 1. The van der Waals surface area contributed by atoms with E-state index in [2.05, 4.69) is 11.4 Å². The highest BCUT2D eigenvalue weighted by Gasteiger charge is 2.16. The van der Waals surface area contributed by atoms with E-state index in [4.69, 9.17) is 26.8 Å². The van der Waals surface area contributed by atoms with Crippen molar-refractivity contribution in [1.82, 2.24) is 5.32 Å². The van der Waals surface area contributed by atoms with E-state index in [1.54, 1.807) is 0 Å². The van der Waals surface area contributed by atoms with Crippen LogP contribution >= 0.6 is 11.6 Å². The smallest absolute Gasteiger partial charge is 0.255 e. The van der Waals surface area contributed by atoms with E-state index in [1.807, 2.05) is 25.1 Å². The molecule has 2 rings (SSSR count). The monoisotopic (exact) mass is 376 g/mol. The summed E-state index contributed by atoms with van der Waals surface area (Å²) in [6.45, 7) is 2.18.